The fourth-order valence-electron chi connectivity index (χ4n) is 4.96. The van der Waals surface area contributed by atoms with Gasteiger partial charge < -0.3 is 15.0 Å². The molecule has 2 aliphatic rings. The van der Waals surface area contributed by atoms with Crippen LogP contribution in [0.25, 0.3) is 0 Å². The maximum Gasteiger partial charge on any atom is 0.257 e. The first-order chi connectivity index (χ1) is 15.5. The van der Waals surface area contributed by atoms with Crippen molar-refractivity contribution >= 4 is 44.1 Å². The minimum atomic E-state index is -0.203. The largest absolute Gasteiger partial charge is 0.372 e. The second-order valence-corrected chi connectivity index (χ2v) is 12.4. The normalized spacial score (nSPS) is 23.2. The minimum absolute atomic E-state index is 0.00394. The Balaban J connectivity index is 1.71. The number of fused-ring (bicyclic) bond motifs is 1. The Kier molecular flexibility index (Phi) is 7.04. The highest BCUT2D eigenvalue weighted by molar-refractivity contribution is 9.10. The average molecular weight is 534 g/mol. The van der Waals surface area contributed by atoms with Crippen LogP contribution in [0.15, 0.2) is 28.7 Å². The van der Waals surface area contributed by atoms with E-state index in [4.69, 9.17) is 4.74 Å². The van der Waals surface area contributed by atoms with Crippen molar-refractivity contribution in [3.8, 4) is 0 Å². The smallest absolute Gasteiger partial charge is 0.257 e. The Hall–Kier alpha value is -1.70. The Bertz CT molecular complexity index is 1050. The molecule has 1 aromatic heterocycles. The summed E-state index contributed by atoms with van der Waals surface area (Å²) in [5.74, 6) is 0.360. The van der Waals surface area contributed by atoms with E-state index in [-0.39, 0.29) is 29.4 Å². The van der Waals surface area contributed by atoms with Crippen LogP contribution in [-0.2, 0) is 17.6 Å². The molecule has 178 valence electrons. The number of carbonyl (C=O) groups excluding carboxylic acids is 2. The molecule has 4 rings (SSSR count). The highest BCUT2D eigenvalue weighted by Gasteiger charge is 2.36. The lowest BCUT2D eigenvalue weighted by atomic mass is 9.72. The molecule has 1 aromatic carbocycles. The molecule has 5 nitrogen and oxygen atoms in total. The third kappa shape index (κ3) is 5.20. The topological polar surface area (TPSA) is 58.6 Å². The van der Waals surface area contributed by atoms with Crippen molar-refractivity contribution in [3.63, 3.8) is 0 Å². The summed E-state index contributed by atoms with van der Waals surface area (Å²) < 4.78 is 6.58. The van der Waals surface area contributed by atoms with Gasteiger partial charge in [0.15, 0.2) is 0 Å². The minimum Gasteiger partial charge on any atom is -0.372 e. The first-order valence-electron chi connectivity index (χ1n) is 11.7. The zero-order valence-corrected chi connectivity index (χ0v) is 22.4. The monoisotopic (exact) mass is 532 g/mol. The van der Waals surface area contributed by atoms with Crippen LogP contribution in [0.3, 0.4) is 0 Å². The fraction of sp³-hybridized carbons (Fsp3) is 0.538. The van der Waals surface area contributed by atoms with E-state index in [1.165, 1.54) is 4.88 Å². The lowest BCUT2D eigenvalue weighted by Crippen LogP contribution is -2.48. The molecular formula is C26H33BrN2O3S. The number of nitrogens with zero attached hydrogens (tertiary/aromatic N) is 1. The van der Waals surface area contributed by atoms with Gasteiger partial charge in [-0.1, -0.05) is 32.9 Å². The lowest BCUT2D eigenvalue weighted by molar-refractivity contribution is -0.0586. The van der Waals surface area contributed by atoms with Crippen LogP contribution in [0.5, 0.6) is 0 Å². The summed E-state index contributed by atoms with van der Waals surface area (Å²) >= 11 is 5.05. The Morgan fingerprint density at radius 3 is 2.45 bits per heavy atom. The average Bonchev–Trinajstić information content (AvgIpc) is 3.09. The van der Waals surface area contributed by atoms with Gasteiger partial charge in [0.2, 0.25) is 0 Å². The first-order valence-corrected chi connectivity index (χ1v) is 13.3. The molecule has 7 heteroatoms. The molecule has 2 heterocycles. The van der Waals surface area contributed by atoms with Crippen LogP contribution < -0.4 is 5.32 Å². The second-order valence-electron chi connectivity index (χ2n) is 10.4. The van der Waals surface area contributed by atoms with Crippen molar-refractivity contribution in [2.24, 2.45) is 11.3 Å². The summed E-state index contributed by atoms with van der Waals surface area (Å²) in [6.45, 7) is 12.0. The number of amides is 2. The number of halogens is 1. The van der Waals surface area contributed by atoms with E-state index in [2.05, 4.69) is 42.0 Å². The van der Waals surface area contributed by atoms with Gasteiger partial charge in [0.25, 0.3) is 11.8 Å². The van der Waals surface area contributed by atoms with Crippen molar-refractivity contribution in [1.29, 1.82) is 0 Å². The van der Waals surface area contributed by atoms with Gasteiger partial charge >= 0.3 is 0 Å². The molecule has 33 heavy (non-hydrogen) atoms. The van der Waals surface area contributed by atoms with Crippen molar-refractivity contribution in [2.45, 2.75) is 66.1 Å². The molecule has 2 amide bonds. The van der Waals surface area contributed by atoms with Gasteiger partial charge in [-0.3, -0.25) is 9.59 Å². The van der Waals surface area contributed by atoms with E-state index in [0.717, 1.165) is 29.3 Å². The van der Waals surface area contributed by atoms with Crippen LogP contribution in [0.4, 0.5) is 5.00 Å². The van der Waals surface area contributed by atoms with Gasteiger partial charge in [-0.15, -0.1) is 11.3 Å². The second kappa shape index (κ2) is 9.51. The van der Waals surface area contributed by atoms with Gasteiger partial charge in [-0.25, -0.2) is 0 Å². The molecule has 3 unspecified atom stereocenters. The first kappa shape index (κ1) is 24.4. The SMILES string of the molecule is CC1CN(C(=O)c2c(NC(=O)c3ccccc3Br)sc3c2CCC(C(C)(C)C)C3)CC(C)O1. The van der Waals surface area contributed by atoms with Gasteiger partial charge in [0, 0.05) is 22.4 Å². The lowest BCUT2D eigenvalue weighted by Gasteiger charge is -2.36. The van der Waals surface area contributed by atoms with Gasteiger partial charge in [-0.2, -0.15) is 0 Å². The number of carbonyl (C=O) groups is 2. The molecule has 0 bridgehead atoms. The molecule has 1 N–H and O–H groups in total. The zero-order chi connectivity index (χ0) is 23.9. The Labute approximate surface area is 209 Å². The van der Waals surface area contributed by atoms with E-state index in [9.17, 15) is 9.59 Å². The summed E-state index contributed by atoms with van der Waals surface area (Å²) in [7, 11) is 0. The van der Waals surface area contributed by atoms with Crippen LogP contribution in [0.2, 0.25) is 0 Å². The van der Waals surface area contributed by atoms with Gasteiger partial charge in [0.1, 0.15) is 5.00 Å². The number of rotatable bonds is 3. The highest BCUT2D eigenvalue weighted by atomic mass is 79.9. The van der Waals surface area contributed by atoms with E-state index in [1.54, 1.807) is 17.4 Å². The number of anilines is 1. The predicted molar refractivity (Wildman–Crippen MR) is 137 cm³/mol. The third-order valence-electron chi connectivity index (χ3n) is 6.76. The van der Waals surface area contributed by atoms with Crippen LogP contribution >= 0.6 is 27.3 Å². The molecule has 1 fully saturated rings. The van der Waals surface area contributed by atoms with Crippen molar-refractivity contribution in [2.75, 3.05) is 18.4 Å². The number of morpholine rings is 1. The molecule has 2 aromatic rings. The molecular weight excluding hydrogens is 500 g/mol. The molecule has 0 saturated carbocycles. The number of ether oxygens (including phenoxy) is 1. The van der Waals surface area contributed by atoms with Crippen LogP contribution in [0, 0.1) is 11.3 Å². The van der Waals surface area contributed by atoms with Crippen LogP contribution in [-0.4, -0.2) is 42.0 Å². The van der Waals surface area contributed by atoms with Crippen molar-refractivity contribution in [1.82, 2.24) is 4.90 Å². The van der Waals surface area contributed by atoms with Crippen LogP contribution in [0.1, 0.15) is 72.2 Å². The molecule has 1 aliphatic heterocycles. The summed E-state index contributed by atoms with van der Waals surface area (Å²) in [5, 5.41) is 3.76. The zero-order valence-electron chi connectivity index (χ0n) is 20.0. The number of hydrogen-bond donors (Lipinski definition) is 1. The van der Waals surface area contributed by atoms with Gasteiger partial charge in [0.05, 0.1) is 23.3 Å². The Morgan fingerprint density at radius 2 is 1.82 bits per heavy atom. The summed E-state index contributed by atoms with van der Waals surface area (Å²) in [6, 6.07) is 7.36. The van der Waals surface area contributed by atoms with Crippen molar-refractivity contribution < 1.29 is 14.3 Å². The summed E-state index contributed by atoms with van der Waals surface area (Å²) in [5.41, 5.74) is 2.58. The van der Waals surface area contributed by atoms with E-state index in [1.807, 2.05) is 36.9 Å². The molecule has 3 atom stereocenters. The quantitative estimate of drug-likeness (QED) is 0.514. The van der Waals surface area contributed by atoms with Crippen molar-refractivity contribution in [3.05, 3.63) is 50.3 Å². The number of benzene rings is 1. The summed E-state index contributed by atoms with van der Waals surface area (Å²) in [4.78, 5) is 30.1. The van der Waals surface area contributed by atoms with E-state index >= 15 is 0 Å². The standard InChI is InChI=1S/C26H33BrN2O3S/c1-15-13-29(14-16(2)32-15)25(31)22-19-11-10-17(26(3,4)5)12-21(19)33-24(22)28-23(30)18-8-6-7-9-20(18)27/h6-9,15-17H,10-14H2,1-5H3,(H,28,30). The molecule has 1 aliphatic carbocycles. The Morgan fingerprint density at radius 1 is 1.15 bits per heavy atom. The number of nitrogens with one attached hydrogen (secondary N) is 1. The van der Waals surface area contributed by atoms with Gasteiger partial charge in [-0.05, 0) is 78.1 Å². The third-order valence-corrected chi connectivity index (χ3v) is 8.62. The molecule has 0 radical (unpaired) electrons. The highest BCUT2D eigenvalue weighted by Crippen LogP contribution is 2.45. The number of hydrogen-bond acceptors (Lipinski definition) is 4. The fourth-order valence-corrected chi connectivity index (χ4v) is 6.74. The van der Waals surface area contributed by atoms with E-state index in [0.29, 0.717) is 35.1 Å². The summed E-state index contributed by atoms with van der Waals surface area (Å²) in [6.07, 6.45) is 2.87. The number of thiophene rings is 1. The maximum absolute atomic E-state index is 13.8. The maximum atomic E-state index is 13.8. The van der Waals surface area contributed by atoms with E-state index < -0.39 is 0 Å². The molecule has 1 saturated heterocycles. The predicted octanol–water partition coefficient (Wildman–Crippen LogP) is 6.16. The molecule has 0 spiro atoms.